The average molecular weight is 210 g/mol. The van der Waals surface area contributed by atoms with Crippen LogP contribution in [0, 0.1) is 0 Å². The molecule has 0 saturated heterocycles. The van der Waals surface area contributed by atoms with Gasteiger partial charge in [-0.3, -0.25) is 0 Å². The third-order valence-corrected chi connectivity index (χ3v) is 1.25. The minimum Gasteiger partial charge on any atom is -0.432 e. The van der Waals surface area contributed by atoms with Crippen LogP contribution in [0.4, 0.5) is 8.78 Å². The third-order valence-electron chi connectivity index (χ3n) is 1.25. The van der Waals surface area contributed by atoms with E-state index in [9.17, 15) is 8.78 Å². The van der Waals surface area contributed by atoms with Gasteiger partial charge >= 0.3 is 6.11 Å². The maximum atomic E-state index is 12.5. The highest BCUT2D eigenvalue weighted by atomic mass is 35.5. The minimum atomic E-state index is -3.28. The molecule has 0 aromatic heterocycles. The number of rotatable bonds is 3. The lowest BCUT2D eigenvalue weighted by molar-refractivity contribution is -0.166. The third kappa shape index (κ3) is 4.05. The molecule has 1 aromatic carbocycles. The molecule has 0 saturated carbocycles. The molecule has 0 atom stereocenters. The van der Waals surface area contributed by atoms with Gasteiger partial charge in [0.25, 0.3) is 0 Å². The first kappa shape index (κ1) is 12.1. The van der Waals surface area contributed by atoms with Crippen LogP contribution in [-0.4, -0.2) is 12.7 Å². The summed E-state index contributed by atoms with van der Waals surface area (Å²) in [6.45, 7) is -0.818. The highest BCUT2D eigenvalue weighted by Gasteiger charge is 2.28. The van der Waals surface area contributed by atoms with Crippen LogP contribution in [-0.2, 0) is 0 Å². The molecule has 0 heterocycles. The minimum absolute atomic E-state index is 0. The SMILES string of the molecule is Cl.NCC(F)(F)Oc1ccccc1. The summed E-state index contributed by atoms with van der Waals surface area (Å²) in [4.78, 5) is 0. The smallest absolute Gasteiger partial charge is 0.410 e. The van der Waals surface area contributed by atoms with Crippen molar-refractivity contribution in [3.05, 3.63) is 30.3 Å². The average Bonchev–Trinajstić information content (AvgIpc) is 2.06. The lowest BCUT2D eigenvalue weighted by Gasteiger charge is -2.15. The van der Waals surface area contributed by atoms with E-state index in [1.54, 1.807) is 18.2 Å². The Balaban J connectivity index is 0.00000144. The van der Waals surface area contributed by atoms with Crippen molar-refractivity contribution in [1.29, 1.82) is 0 Å². The molecule has 0 aliphatic rings. The van der Waals surface area contributed by atoms with Crippen LogP contribution in [0.15, 0.2) is 30.3 Å². The Kier molecular flexibility index (Phi) is 4.66. The van der Waals surface area contributed by atoms with Gasteiger partial charge in [0.15, 0.2) is 0 Å². The number of benzene rings is 1. The van der Waals surface area contributed by atoms with E-state index in [1.165, 1.54) is 12.1 Å². The summed E-state index contributed by atoms with van der Waals surface area (Å²) in [7, 11) is 0. The van der Waals surface area contributed by atoms with Crippen LogP contribution in [0.5, 0.6) is 5.75 Å². The lowest BCUT2D eigenvalue weighted by atomic mass is 10.3. The number of hydrogen-bond donors (Lipinski definition) is 1. The van der Waals surface area contributed by atoms with Crippen molar-refractivity contribution >= 4 is 12.4 Å². The van der Waals surface area contributed by atoms with Crippen molar-refractivity contribution in [2.24, 2.45) is 5.73 Å². The second-order valence-electron chi connectivity index (χ2n) is 2.26. The van der Waals surface area contributed by atoms with Gasteiger partial charge in [0, 0.05) is 0 Å². The van der Waals surface area contributed by atoms with E-state index in [0.717, 1.165) is 0 Å². The topological polar surface area (TPSA) is 35.2 Å². The van der Waals surface area contributed by atoms with Crippen LogP contribution in [0.25, 0.3) is 0 Å². The normalized spacial score (nSPS) is 10.4. The summed E-state index contributed by atoms with van der Waals surface area (Å²) in [5, 5.41) is 0. The largest absolute Gasteiger partial charge is 0.432 e. The number of alkyl halides is 2. The van der Waals surface area contributed by atoms with Crippen LogP contribution in [0.3, 0.4) is 0 Å². The number of ether oxygens (including phenoxy) is 1. The Labute approximate surface area is 81.1 Å². The number of nitrogens with two attached hydrogens (primary N) is 1. The van der Waals surface area contributed by atoms with Gasteiger partial charge in [0.05, 0.1) is 6.54 Å². The Morgan fingerprint density at radius 2 is 1.77 bits per heavy atom. The highest BCUT2D eigenvalue weighted by molar-refractivity contribution is 5.85. The van der Waals surface area contributed by atoms with Gasteiger partial charge < -0.3 is 10.5 Å². The van der Waals surface area contributed by atoms with Crippen LogP contribution < -0.4 is 10.5 Å². The summed E-state index contributed by atoms with van der Waals surface area (Å²) in [6, 6.07) is 7.84. The summed E-state index contributed by atoms with van der Waals surface area (Å²) in [6.07, 6.45) is -3.28. The van der Waals surface area contributed by atoms with Gasteiger partial charge in [-0.2, -0.15) is 8.78 Å². The molecule has 13 heavy (non-hydrogen) atoms. The van der Waals surface area contributed by atoms with Crippen LogP contribution in [0.2, 0.25) is 0 Å². The van der Waals surface area contributed by atoms with Gasteiger partial charge in [-0.05, 0) is 12.1 Å². The quantitative estimate of drug-likeness (QED) is 0.827. The Hall–Kier alpha value is -0.870. The van der Waals surface area contributed by atoms with E-state index in [-0.39, 0.29) is 18.2 Å². The van der Waals surface area contributed by atoms with Gasteiger partial charge in [-0.1, -0.05) is 18.2 Å². The fraction of sp³-hybridized carbons (Fsp3) is 0.250. The van der Waals surface area contributed by atoms with E-state index >= 15 is 0 Å². The van der Waals surface area contributed by atoms with E-state index in [1.807, 2.05) is 0 Å². The number of hydrogen-bond acceptors (Lipinski definition) is 2. The van der Waals surface area contributed by atoms with Crippen molar-refractivity contribution in [1.82, 2.24) is 0 Å². The number of halogens is 3. The molecule has 0 unspecified atom stereocenters. The molecule has 0 aliphatic carbocycles. The van der Waals surface area contributed by atoms with E-state index in [2.05, 4.69) is 4.74 Å². The molecule has 5 heteroatoms. The first-order valence-corrected chi connectivity index (χ1v) is 3.46. The Bertz CT molecular complexity index is 243. The van der Waals surface area contributed by atoms with Crippen molar-refractivity contribution in [2.75, 3.05) is 6.54 Å². The zero-order valence-corrected chi connectivity index (χ0v) is 7.56. The van der Waals surface area contributed by atoms with Crippen molar-refractivity contribution < 1.29 is 13.5 Å². The maximum Gasteiger partial charge on any atom is 0.410 e. The molecule has 0 aliphatic heterocycles. The van der Waals surface area contributed by atoms with Crippen LogP contribution >= 0.6 is 12.4 Å². The second kappa shape index (κ2) is 4.99. The lowest BCUT2D eigenvalue weighted by Crippen LogP contribution is -2.34. The predicted octanol–water partition coefficient (Wildman–Crippen LogP) is 2.04. The summed E-state index contributed by atoms with van der Waals surface area (Å²) < 4.78 is 29.3. The first-order chi connectivity index (χ1) is 5.64. The van der Waals surface area contributed by atoms with Crippen LogP contribution in [0.1, 0.15) is 0 Å². The number of para-hydroxylation sites is 1. The second-order valence-corrected chi connectivity index (χ2v) is 2.26. The molecule has 0 spiro atoms. The summed E-state index contributed by atoms with van der Waals surface area (Å²) in [5.41, 5.74) is 4.78. The van der Waals surface area contributed by atoms with Crippen molar-refractivity contribution in [3.8, 4) is 5.75 Å². The van der Waals surface area contributed by atoms with E-state index in [0.29, 0.717) is 0 Å². The summed E-state index contributed by atoms with van der Waals surface area (Å²) >= 11 is 0. The van der Waals surface area contributed by atoms with Gasteiger partial charge in [0.2, 0.25) is 0 Å². The molecular formula is C8H10ClF2NO. The molecule has 2 N–H and O–H groups in total. The fourth-order valence-electron chi connectivity index (χ4n) is 0.703. The fourth-order valence-corrected chi connectivity index (χ4v) is 0.703. The molecule has 0 bridgehead atoms. The zero-order valence-electron chi connectivity index (χ0n) is 6.74. The monoisotopic (exact) mass is 209 g/mol. The Morgan fingerprint density at radius 1 is 1.23 bits per heavy atom. The van der Waals surface area contributed by atoms with Crippen molar-refractivity contribution in [2.45, 2.75) is 6.11 Å². The standard InChI is InChI=1S/C8H9F2NO.ClH/c9-8(10,6-11)12-7-4-2-1-3-5-7;/h1-5H,6,11H2;1H. The van der Waals surface area contributed by atoms with E-state index < -0.39 is 12.7 Å². The van der Waals surface area contributed by atoms with Gasteiger partial charge in [0.1, 0.15) is 5.75 Å². The Morgan fingerprint density at radius 3 is 2.23 bits per heavy atom. The molecule has 0 radical (unpaired) electrons. The molecule has 1 rings (SSSR count). The molecule has 74 valence electrons. The van der Waals surface area contributed by atoms with E-state index in [4.69, 9.17) is 5.73 Å². The first-order valence-electron chi connectivity index (χ1n) is 3.46. The maximum absolute atomic E-state index is 12.5. The van der Waals surface area contributed by atoms with Crippen molar-refractivity contribution in [3.63, 3.8) is 0 Å². The van der Waals surface area contributed by atoms with Gasteiger partial charge in [-0.15, -0.1) is 12.4 Å². The van der Waals surface area contributed by atoms with Gasteiger partial charge in [-0.25, -0.2) is 0 Å². The zero-order chi connectivity index (χ0) is 9.03. The molecule has 0 fully saturated rings. The predicted molar refractivity (Wildman–Crippen MR) is 48.3 cm³/mol. The molecule has 1 aromatic rings. The molecular weight excluding hydrogens is 200 g/mol. The molecule has 2 nitrogen and oxygen atoms in total. The molecule has 0 amide bonds. The summed E-state index contributed by atoms with van der Waals surface area (Å²) in [5.74, 6) is 0.118. The highest BCUT2D eigenvalue weighted by Crippen LogP contribution is 2.19.